The van der Waals surface area contributed by atoms with Crippen molar-refractivity contribution >= 4 is 44.2 Å². The van der Waals surface area contributed by atoms with Crippen molar-refractivity contribution in [2.24, 2.45) is 0 Å². The van der Waals surface area contributed by atoms with Crippen LogP contribution in [0.3, 0.4) is 0 Å². The number of nitro benzene ring substituents is 1. The Bertz CT molecular complexity index is 398. The van der Waals surface area contributed by atoms with Gasteiger partial charge in [-0.3, -0.25) is 10.1 Å². The normalized spacial score (nSPS) is 12.5. The first-order chi connectivity index (χ1) is 6.91. The number of benzene rings is 1. The van der Waals surface area contributed by atoms with Crippen molar-refractivity contribution < 1.29 is 9.31 Å². The lowest BCUT2D eigenvalue weighted by atomic mass is 10.1. The van der Waals surface area contributed by atoms with Crippen molar-refractivity contribution in [1.29, 1.82) is 0 Å². The summed E-state index contributed by atoms with van der Waals surface area (Å²) in [7, 11) is 0. The Morgan fingerprint density at radius 2 is 2.27 bits per heavy atom. The second-order valence-corrected chi connectivity index (χ2v) is 5.86. The third kappa shape index (κ3) is 3.37. The summed E-state index contributed by atoms with van der Waals surface area (Å²) < 4.78 is 13.5. The largest absolute Gasteiger partial charge is 0.273 e. The first-order valence-electron chi connectivity index (χ1n) is 4.18. The summed E-state index contributed by atoms with van der Waals surface area (Å²) in [5.41, 5.74) is 0.398. The average Bonchev–Trinajstić information content (AvgIpc) is 2.09. The van der Waals surface area contributed by atoms with Crippen molar-refractivity contribution in [2.75, 3.05) is 0 Å². The van der Waals surface area contributed by atoms with E-state index in [2.05, 4.69) is 15.9 Å². The maximum Gasteiger partial charge on any atom is 0.273 e. The molecule has 0 aromatic heterocycles. The van der Waals surface area contributed by atoms with E-state index in [1.54, 1.807) is 22.6 Å². The molecule has 0 aliphatic rings. The molecule has 0 heterocycles. The van der Waals surface area contributed by atoms with E-state index in [0.29, 0.717) is 12.0 Å². The minimum Gasteiger partial charge on any atom is -0.258 e. The molecule has 6 heteroatoms. The summed E-state index contributed by atoms with van der Waals surface area (Å²) in [6.07, 6.45) is 0.435. The van der Waals surface area contributed by atoms with Gasteiger partial charge in [-0.1, -0.05) is 22.9 Å². The minimum absolute atomic E-state index is 0.0212. The van der Waals surface area contributed by atoms with E-state index in [-0.39, 0.29) is 14.1 Å². The maximum absolute atomic E-state index is 13.2. The van der Waals surface area contributed by atoms with Crippen LogP contribution in [0.15, 0.2) is 12.1 Å². The topological polar surface area (TPSA) is 43.1 Å². The number of halogens is 3. The Labute approximate surface area is 108 Å². The fourth-order valence-electron chi connectivity index (χ4n) is 1.21. The van der Waals surface area contributed by atoms with Gasteiger partial charge in [0.15, 0.2) is 0 Å². The molecule has 82 valence electrons. The molecule has 0 amide bonds. The highest BCUT2D eigenvalue weighted by Crippen LogP contribution is 2.26. The zero-order chi connectivity index (χ0) is 11.6. The van der Waals surface area contributed by atoms with Crippen molar-refractivity contribution in [3.8, 4) is 0 Å². The van der Waals surface area contributed by atoms with Crippen LogP contribution in [0.5, 0.6) is 0 Å². The molecule has 0 radical (unpaired) electrons. The summed E-state index contributed by atoms with van der Waals surface area (Å²) in [5.74, 6) is -0.413. The predicted molar refractivity (Wildman–Crippen MR) is 67.9 cm³/mol. The molecule has 0 saturated carbocycles. The molecule has 3 nitrogen and oxygen atoms in total. The van der Waals surface area contributed by atoms with E-state index < -0.39 is 10.7 Å². The molecule has 1 aromatic carbocycles. The second-order valence-electron chi connectivity index (χ2n) is 3.14. The zero-order valence-corrected chi connectivity index (χ0v) is 11.6. The minimum atomic E-state index is -0.480. The quantitative estimate of drug-likeness (QED) is 0.344. The first kappa shape index (κ1) is 12.8. The third-order valence-electron chi connectivity index (χ3n) is 1.82. The van der Waals surface area contributed by atoms with E-state index in [1.165, 1.54) is 12.1 Å². The van der Waals surface area contributed by atoms with E-state index in [0.717, 1.165) is 0 Å². The maximum atomic E-state index is 13.2. The van der Waals surface area contributed by atoms with Crippen molar-refractivity contribution in [2.45, 2.75) is 18.2 Å². The van der Waals surface area contributed by atoms with Crippen LogP contribution in [0, 0.1) is 19.5 Å². The van der Waals surface area contributed by atoms with Gasteiger partial charge in [-0.05, 0) is 35.1 Å². The number of alkyl halides is 1. The molecular formula is C9H8BrFINO2. The highest BCUT2D eigenvalue weighted by Gasteiger charge is 2.18. The van der Waals surface area contributed by atoms with Crippen molar-refractivity contribution in [3.63, 3.8) is 0 Å². The van der Waals surface area contributed by atoms with E-state index >= 15 is 0 Å². The van der Waals surface area contributed by atoms with Crippen LogP contribution in [-0.4, -0.2) is 9.75 Å². The van der Waals surface area contributed by atoms with Crippen LogP contribution in [0.1, 0.15) is 12.5 Å². The van der Waals surface area contributed by atoms with Crippen LogP contribution in [0.2, 0.25) is 0 Å². The molecule has 0 saturated heterocycles. The van der Waals surface area contributed by atoms with E-state index in [9.17, 15) is 14.5 Å². The molecule has 0 bridgehead atoms. The second kappa shape index (κ2) is 5.20. The number of nitro groups is 1. The molecule has 15 heavy (non-hydrogen) atoms. The average molecular weight is 388 g/mol. The van der Waals surface area contributed by atoms with Gasteiger partial charge in [-0.25, -0.2) is 4.39 Å². The van der Waals surface area contributed by atoms with Crippen LogP contribution in [0.4, 0.5) is 10.1 Å². The number of hydrogen-bond donors (Lipinski definition) is 0. The summed E-state index contributed by atoms with van der Waals surface area (Å²) in [6, 6.07) is 2.50. The Morgan fingerprint density at radius 3 is 2.73 bits per heavy atom. The van der Waals surface area contributed by atoms with E-state index in [4.69, 9.17) is 0 Å². The Morgan fingerprint density at radius 1 is 1.67 bits per heavy atom. The van der Waals surface area contributed by atoms with Gasteiger partial charge >= 0.3 is 0 Å². The number of nitrogens with zero attached hydrogens (tertiary/aromatic N) is 1. The molecule has 1 rings (SSSR count). The lowest BCUT2D eigenvalue weighted by molar-refractivity contribution is -0.385. The summed E-state index contributed by atoms with van der Waals surface area (Å²) >= 11 is 5.03. The van der Waals surface area contributed by atoms with Gasteiger partial charge in [0.05, 0.1) is 8.49 Å². The Hall–Kier alpha value is -0.240. The SMILES string of the molecule is CC(Br)Cc1cc(F)c(I)cc1[N+](=O)[O-]. The van der Waals surface area contributed by atoms with Crippen LogP contribution in [0.25, 0.3) is 0 Å². The molecule has 1 unspecified atom stereocenters. The molecule has 0 N–H and O–H groups in total. The fourth-order valence-corrected chi connectivity index (χ4v) is 2.01. The summed E-state index contributed by atoms with van der Waals surface area (Å²) in [5, 5.41) is 10.7. The summed E-state index contributed by atoms with van der Waals surface area (Å²) in [4.78, 5) is 10.3. The lowest BCUT2D eigenvalue weighted by Gasteiger charge is -2.05. The molecule has 0 aliphatic heterocycles. The third-order valence-corrected chi connectivity index (χ3v) is 2.97. The lowest BCUT2D eigenvalue weighted by Crippen LogP contribution is -2.03. The van der Waals surface area contributed by atoms with Gasteiger partial charge in [0.2, 0.25) is 0 Å². The van der Waals surface area contributed by atoms with Gasteiger partial charge in [0.1, 0.15) is 5.82 Å². The van der Waals surface area contributed by atoms with Gasteiger partial charge < -0.3 is 0 Å². The standard InChI is InChI=1S/C9H8BrFINO2/c1-5(10)2-6-3-7(11)8(12)4-9(6)13(14)15/h3-5H,2H2,1H3. The molecular weight excluding hydrogens is 380 g/mol. The monoisotopic (exact) mass is 387 g/mol. The highest BCUT2D eigenvalue weighted by molar-refractivity contribution is 14.1. The predicted octanol–water partition coefficient (Wildman–Crippen LogP) is 3.66. The molecule has 0 spiro atoms. The number of rotatable bonds is 3. The zero-order valence-electron chi connectivity index (χ0n) is 7.84. The van der Waals surface area contributed by atoms with Crippen LogP contribution >= 0.6 is 38.5 Å². The molecule has 0 aliphatic carbocycles. The summed E-state index contributed by atoms with van der Waals surface area (Å²) in [6.45, 7) is 1.86. The molecule has 0 fully saturated rings. The van der Waals surface area contributed by atoms with Crippen molar-refractivity contribution in [3.05, 3.63) is 37.2 Å². The van der Waals surface area contributed by atoms with Gasteiger partial charge in [0, 0.05) is 16.5 Å². The first-order valence-corrected chi connectivity index (χ1v) is 6.17. The fraction of sp³-hybridized carbons (Fsp3) is 0.333. The van der Waals surface area contributed by atoms with Gasteiger partial charge in [-0.2, -0.15) is 0 Å². The Balaban J connectivity index is 3.22. The number of hydrogen-bond acceptors (Lipinski definition) is 2. The van der Waals surface area contributed by atoms with Gasteiger partial charge in [0.25, 0.3) is 5.69 Å². The van der Waals surface area contributed by atoms with E-state index in [1.807, 2.05) is 6.92 Å². The van der Waals surface area contributed by atoms with Gasteiger partial charge in [-0.15, -0.1) is 0 Å². The van der Waals surface area contributed by atoms with Crippen molar-refractivity contribution in [1.82, 2.24) is 0 Å². The van der Waals surface area contributed by atoms with Crippen LogP contribution in [-0.2, 0) is 6.42 Å². The molecule has 1 aromatic rings. The van der Waals surface area contributed by atoms with Crippen LogP contribution < -0.4 is 0 Å². The Kier molecular flexibility index (Phi) is 4.45. The smallest absolute Gasteiger partial charge is 0.258 e. The molecule has 1 atom stereocenters. The highest BCUT2D eigenvalue weighted by atomic mass is 127.